The highest BCUT2D eigenvalue weighted by Crippen LogP contribution is 2.41. The maximum atomic E-state index is 14.4. The minimum atomic E-state index is -0.327. The van der Waals surface area contributed by atoms with Gasteiger partial charge in [0.1, 0.15) is 17.0 Å². The zero-order valence-electron chi connectivity index (χ0n) is 17.9. The minimum absolute atomic E-state index is 0.327. The number of piperidine rings is 1. The second-order valence-corrected chi connectivity index (χ2v) is 9.12. The summed E-state index contributed by atoms with van der Waals surface area (Å²) < 4.78 is 16.5. The number of pyridine rings is 1. The Kier molecular flexibility index (Phi) is 4.11. The summed E-state index contributed by atoms with van der Waals surface area (Å²) in [5.74, 6) is 0.0986. The number of hydrogen-bond donors (Lipinski definition) is 2. The second kappa shape index (κ2) is 7.18. The molecule has 2 unspecified atom stereocenters. The van der Waals surface area contributed by atoms with Gasteiger partial charge in [0.2, 0.25) is 0 Å². The van der Waals surface area contributed by atoms with E-state index in [0.29, 0.717) is 28.9 Å². The lowest BCUT2D eigenvalue weighted by Crippen LogP contribution is -2.37. The highest BCUT2D eigenvalue weighted by Gasteiger charge is 2.35. The van der Waals surface area contributed by atoms with Crippen molar-refractivity contribution in [3.8, 4) is 22.4 Å². The maximum absolute atomic E-state index is 14.4. The molecule has 2 bridgehead atoms. The highest BCUT2D eigenvalue weighted by atomic mass is 19.1. The number of halogens is 1. The van der Waals surface area contributed by atoms with Crippen molar-refractivity contribution in [2.24, 2.45) is 0 Å². The third-order valence-electron chi connectivity index (χ3n) is 7.23. The van der Waals surface area contributed by atoms with Crippen molar-refractivity contribution in [2.45, 2.75) is 43.7 Å². The van der Waals surface area contributed by atoms with Crippen molar-refractivity contribution in [1.29, 1.82) is 0 Å². The molecule has 0 radical (unpaired) electrons. The van der Waals surface area contributed by atoms with Gasteiger partial charge in [0.15, 0.2) is 5.65 Å². The first-order chi connectivity index (χ1) is 16.3. The quantitative estimate of drug-likeness (QED) is 0.433. The van der Waals surface area contributed by atoms with Gasteiger partial charge in [0.25, 0.3) is 0 Å². The van der Waals surface area contributed by atoms with Crippen molar-refractivity contribution in [3.63, 3.8) is 0 Å². The first-order valence-corrected chi connectivity index (χ1v) is 11.4. The summed E-state index contributed by atoms with van der Waals surface area (Å²) in [6.07, 6.45) is 11.8. The van der Waals surface area contributed by atoms with Crippen LogP contribution in [-0.2, 0) is 0 Å². The molecule has 2 aliphatic heterocycles. The van der Waals surface area contributed by atoms with Crippen molar-refractivity contribution >= 4 is 16.6 Å². The lowest BCUT2D eigenvalue weighted by atomic mass is 9.89. The zero-order valence-corrected chi connectivity index (χ0v) is 17.9. The summed E-state index contributed by atoms with van der Waals surface area (Å²) in [4.78, 5) is 8.94. The van der Waals surface area contributed by atoms with E-state index in [4.69, 9.17) is 10.1 Å². The maximum Gasteiger partial charge on any atom is 0.163 e. The van der Waals surface area contributed by atoms with Gasteiger partial charge in [0.05, 0.1) is 11.8 Å². The summed E-state index contributed by atoms with van der Waals surface area (Å²) in [5.41, 5.74) is 5.85. The molecule has 0 saturated carbocycles. The van der Waals surface area contributed by atoms with Gasteiger partial charge >= 0.3 is 0 Å². The van der Waals surface area contributed by atoms with Crippen LogP contribution in [0.25, 0.3) is 38.9 Å². The van der Waals surface area contributed by atoms with E-state index in [-0.39, 0.29) is 5.82 Å². The Balaban J connectivity index is 1.50. The SMILES string of the molecule is Fc1ccc(-c2c(-c3ccncc3)nn3c(C4CC5CCC(C4)N5)ccnc23)c2cn[nH]c12. The van der Waals surface area contributed by atoms with Crippen molar-refractivity contribution in [1.82, 2.24) is 35.1 Å². The Hall–Kier alpha value is -3.65. The summed E-state index contributed by atoms with van der Waals surface area (Å²) >= 11 is 0. The molecule has 2 aliphatic rings. The van der Waals surface area contributed by atoms with Gasteiger partial charge in [-0.1, -0.05) is 6.07 Å². The Labute approximate surface area is 189 Å². The van der Waals surface area contributed by atoms with Gasteiger partial charge in [-0.05, 0) is 55.5 Å². The molecule has 33 heavy (non-hydrogen) atoms. The highest BCUT2D eigenvalue weighted by molar-refractivity contribution is 6.02. The van der Waals surface area contributed by atoms with E-state index in [1.54, 1.807) is 24.7 Å². The minimum Gasteiger partial charge on any atom is -0.311 e. The predicted octanol–water partition coefficient (Wildman–Crippen LogP) is 4.47. The van der Waals surface area contributed by atoms with Gasteiger partial charge in [-0.25, -0.2) is 13.9 Å². The third-order valence-corrected chi connectivity index (χ3v) is 7.23. The molecule has 5 aromatic rings. The van der Waals surface area contributed by atoms with E-state index in [1.165, 1.54) is 24.6 Å². The molecule has 2 saturated heterocycles. The third kappa shape index (κ3) is 2.90. The number of hydrogen-bond acceptors (Lipinski definition) is 5. The normalized spacial score (nSPS) is 22.4. The molecule has 2 fully saturated rings. The van der Waals surface area contributed by atoms with Crippen LogP contribution >= 0.6 is 0 Å². The number of aromatic nitrogens is 6. The van der Waals surface area contributed by atoms with Gasteiger partial charge in [-0.3, -0.25) is 10.1 Å². The van der Waals surface area contributed by atoms with Crippen molar-refractivity contribution < 1.29 is 4.39 Å². The first-order valence-electron chi connectivity index (χ1n) is 11.4. The molecule has 8 heteroatoms. The molecule has 6 heterocycles. The van der Waals surface area contributed by atoms with E-state index >= 15 is 0 Å². The zero-order chi connectivity index (χ0) is 21.9. The molecule has 2 atom stereocenters. The Bertz CT molecular complexity index is 1480. The van der Waals surface area contributed by atoms with Crippen LogP contribution in [0.4, 0.5) is 4.39 Å². The molecule has 7 rings (SSSR count). The fourth-order valence-corrected chi connectivity index (χ4v) is 5.75. The van der Waals surface area contributed by atoms with Crippen molar-refractivity contribution in [2.75, 3.05) is 0 Å². The van der Waals surface area contributed by atoms with E-state index < -0.39 is 0 Å². The number of rotatable bonds is 3. The van der Waals surface area contributed by atoms with Crippen LogP contribution in [0.1, 0.15) is 37.3 Å². The van der Waals surface area contributed by atoms with Crippen molar-refractivity contribution in [3.05, 3.63) is 66.6 Å². The number of aromatic amines is 1. The summed E-state index contributed by atoms with van der Waals surface area (Å²) in [6, 6.07) is 10.4. The lowest BCUT2D eigenvalue weighted by molar-refractivity contribution is 0.355. The number of H-pyrrole nitrogens is 1. The molecule has 2 N–H and O–H groups in total. The van der Waals surface area contributed by atoms with E-state index in [9.17, 15) is 4.39 Å². The average molecular weight is 439 g/mol. The summed E-state index contributed by atoms with van der Waals surface area (Å²) in [6.45, 7) is 0. The smallest absolute Gasteiger partial charge is 0.163 e. The molecule has 7 nitrogen and oxygen atoms in total. The van der Waals surface area contributed by atoms with Crippen LogP contribution in [0.3, 0.4) is 0 Å². The van der Waals surface area contributed by atoms with E-state index in [0.717, 1.165) is 40.9 Å². The number of nitrogens with one attached hydrogen (secondary N) is 2. The van der Waals surface area contributed by atoms with Gasteiger partial charge in [-0.2, -0.15) is 10.2 Å². The second-order valence-electron chi connectivity index (χ2n) is 9.12. The lowest BCUT2D eigenvalue weighted by Gasteiger charge is -2.29. The molecule has 0 amide bonds. The van der Waals surface area contributed by atoms with Crippen LogP contribution in [0.2, 0.25) is 0 Å². The topological polar surface area (TPSA) is 83.8 Å². The van der Waals surface area contributed by atoms with Gasteiger partial charge in [0, 0.05) is 53.2 Å². The van der Waals surface area contributed by atoms with Crippen LogP contribution < -0.4 is 5.32 Å². The number of nitrogens with zero attached hydrogens (tertiary/aromatic N) is 5. The molecular weight excluding hydrogens is 417 g/mol. The van der Waals surface area contributed by atoms with E-state index in [1.807, 2.05) is 22.8 Å². The van der Waals surface area contributed by atoms with Crippen LogP contribution in [-0.4, -0.2) is 41.9 Å². The summed E-state index contributed by atoms with van der Waals surface area (Å²) in [7, 11) is 0. The monoisotopic (exact) mass is 439 g/mol. The standard InChI is InChI=1S/C25H22FN7/c26-20-4-3-18(19-13-29-31-24(19)20)22-23(14-5-8-27-9-6-14)32-33-21(7-10-28-25(22)33)15-11-16-1-2-17(12-15)30-16/h3-10,13,15-17,30H,1-2,11-12H2,(H,29,31). The molecule has 164 valence electrons. The first kappa shape index (κ1) is 18.9. The number of benzene rings is 1. The fourth-order valence-electron chi connectivity index (χ4n) is 5.75. The van der Waals surface area contributed by atoms with Gasteiger partial charge < -0.3 is 5.32 Å². The summed E-state index contributed by atoms with van der Waals surface area (Å²) in [5, 5.41) is 16.4. The average Bonchev–Trinajstić information content (AvgIpc) is 3.57. The van der Waals surface area contributed by atoms with E-state index in [2.05, 4.69) is 26.6 Å². The predicted molar refractivity (Wildman–Crippen MR) is 123 cm³/mol. The molecule has 0 spiro atoms. The van der Waals surface area contributed by atoms with Crippen LogP contribution in [0.15, 0.2) is 55.1 Å². The van der Waals surface area contributed by atoms with Crippen LogP contribution in [0.5, 0.6) is 0 Å². The fraction of sp³-hybridized carbons (Fsp3) is 0.280. The Morgan fingerprint density at radius 1 is 0.970 bits per heavy atom. The molecule has 4 aromatic heterocycles. The van der Waals surface area contributed by atoms with Gasteiger partial charge in [-0.15, -0.1) is 0 Å². The molecule has 1 aromatic carbocycles. The largest absolute Gasteiger partial charge is 0.311 e. The number of fused-ring (bicyclic) bond motifs is 4. The molecular formula is C25H22FN7. The van der Waals surface area contributed by atoms with Crippen LogP contribution in [0, 0.1) is 5.82 Å². The Morgan fingerprint density at radius 3 is 2.61 bits per heavy atom. The molecule has 0 aliphatic carbocycles. The Morgan fingerprint density at radius 2 is 1.79 bits per heavy atom.